The first kappa shape index (κ1) is 11.0. The zero-order valence-electron chi connectivity index (χ0n) is 10.5. The fraction of sp³-hybridized carbons (Fsp3) is 0.357. The average Bonchev–Trinajstić information content (AvgIpc) is 2.96. The molecular weight excluding hydrogens is 228 g/mol. The number of rotatable bonds is 2. The van der Waals surface area contributed by atoms with Crippen molar-refractivity contribution in [3.05, 3.63) is 23.4 Å². The Kier molecular flexibility index (Phi) is 2.41. The van der Waals surface area contributed by atoms with E-state index in [9.17, 15) is 5.26 Å². The summed E-state index contributed by atoms with van der Waals surface area (Å²) in [5, 5.41) is 10.3. The maximum absolute atomic E-state index is 9.34. The summed E-state index contributed by atoms with van der Waals surface area (Å²) in [6, 6.07) is 6.18. The van der Waals surface area contributed by atoms with Crippen LogP contribution in [-0.2, 0) is 13.0 Å². The van der Waals surface area contributed by atoms with Gasteiger partial charge >= 0.3 is 0 Å². The Labute approximate surface area is 105 Å². The standard InChI is InChI=1S/C14H14N2O2/c1-17-13-6-9-10(8-15)11-4-3-5-16(11)12(9)7-14(13)18-2/h6-7H,3-5H2,1-2H3. The summed E-state index contributed by atoms with van der Waals surface area (Å²) in [5.41, 5.74) is 2.99. The van der Waals surface area contributed by atoms with Crippen LogP contribution < -0.4 is 9.47 Å². The molecule has 0 saturated carbocycles. The third-order valence-corrected chi connectivity index (χ3v) is 3.58. The molecule has 1 aromatic carbocycles. The molecule has 4 nitrogen and oxygen atoms in total. The Morgan fingerprint density at radius 1 is 1.22 bits per heavy atom. The van der Waals surface area contributed by atoms with Gasteiger partial charge in [-0.25, -0.2) is 0 Å². The van der Waals surface area contributed by atoms with E-state index in [2.05, 4.69) is 10.6 Å². The first-order valence-electron chi connectivity index (χ1n) is 5.97. The molecule has 2 aromatic rings. The number of benzene rings is 1. The van der Waals surface area contributed by atoms with Gasteiger partial charge in [0.25, 0.3) is 0 Å². The molecule has 1 aliphatic heterocycles. The molecule has 1 aliphatic rings. The van der Waals surface area contributed by atoms with Gasteiger partial charge in [-0.05, 0) is 18.9 Å². The van der Waals surface area contributed by atoms with Crippen molar-refractivity contribution >= 4 is 10.9 Å². The summed E-state index contributed by atoms with van der Waals surface area (Å²) in [4.78, 5) is 0. The van der Waals surface area contributed by atoms with Crippen molar-refractivity contribution in [2.24, 2.45) is 0 Å². The van der Waals surface area contributed by atoms with Crippen molar-refractivity contribution in [1.29, 1.82) is 5.26 Å². The quantitative estimate of drug-likeness (QED) is 0.812. The first-order chi connectivity index (χ1) is 8.80. The molecule has 0 atom stereocenters. The molecule has 0 aliphatic carbocycles. The second-order valence-corrected chi connectivity index (χ2v) is 4.41. The lowest BCUT2D eigenvalue weighted by Gasteiger charge is -2.08. The Morgan fingerprint density at radius 3 is 2.61 bits per heavy atom. The SMILES string of the molecule is COc1cc2c(C#N)c3n(c2cc1OC)CCC3. The van der Waals surface area contributed by atoms with Gasteiger partial charge in [-0.2, -0.15) is 5.26 Å². The van der Waals surface area contributed by atoms with E-state index >= 15 is 0 Å². The number of methoxy groups -OCH3 is 2. The molecule has 0 N–H and O–H groups in total. The van der Waals surface area contributed by atoms with Crippen molar-refractivity contribution in [3.8, 4) is 17.6 Å². The summed E-state index contributed by atoms with van der Waals surface area (Å²) < 4.78 is 12.8. The molecule has 92 valence electrons. The van der Waals surface area contributed by atoms with E-state index in [0.29, 0.717) is 11.5 Å². The van der Waals surface area contributed by atoms with Gasteiger partial charge in [0.15, 0.2) is 11.5 Å². The third-order valence-electron chi connectivity index (χ3n) is 3.58. The molecular formula is C14H14N2O2. The van der Waals surface area contributed by atoms with Gasteiger partial charge in [0.05, 0.1) is 25.3 Å². The van der Waals surface area contributed by atoms with Crippen molar-refractivity contribution < 1.29 is 9.47 Å². The van der Waals surface area contributed by atoms with Crippen LogP contribution in [-0.4, -0.2) is 18.8 Å². The summed E-state index contributed by atoms with van der Waals surface area (Å²) in [6.45, 7) is 0.975. The summed E-state index contributed by atoms with van der Waals surface area (Å²) >= 11 is 0. The fourth-order valence-corrected chi connectivity index (χ4v) is 2.77. The highest BCUT2D eigenvalue weighted by Gasteiger charge is 2.22. The Bertz CT molecular complexity index is 665. The van der Waals surface area contributed by atoms with Gasteiger partial charge in [-0.15, -0.1) is 0 Å². The molecule has 3 rings (SSSR count). The molecule has 0 fully saturated rings. The lowest BCUT2D eigenvalue weighted by Crippen LogP contribution is -1.94. The van der Waals surface area contributed by atoms with Crippen LogP contribution in [0, 0.1) is 11.3 Å². The average molecular weight is 242 g/mol. The predicted octanol–water partition coefficient (Wildman–Crippen LogP) is 2.48. The molecule has 0 radical (unpaired) electrons. The zero-order valence-corrected chi connectivity index (χ0v) is 10.5. The highest BCUT2D eigenvalue weighted by atomic mass is 16.5. The van der Waals surface area contributed by atoms with Crippen LogP contribution in [0.15, 0.2) is 12.1 Å². The van der Waals surface area contributed by atoms with Gasteiger partial charge in [0, 0.05) is 23.7 Å². The van der Waals surface area contributed by atoms with E-state index in [-0.39, 0.29) is 0 Å². The molecule has 1 aromatic heterocycles. The molecule has 0 amide bonds. The van der Waals surface area contributed by atoms with Crippen LogP contribution >= 0.6 is 0 Å². The third kappa shape index (κ3) is 1.31. The number of nitrogens with zero attached hydrogens (tertiary/aromatic N) is 2. The van der Waals surface area contributed by atoms with Crippen LogP contribution in [0.4, 0.5) is 0 Å². The van der Waals surface area contributed by atoms with Gasteiger partial charge in [0.2, 0.25) is 0 Å². The Balaban J connectivity index is 2.38. The largest absolute Gasteiger partial charge is 0.493 e. The van der Waals surface area contributed by atoms with Gasteiger partial charge < -0.3 is 14.0 Å². The minimum Gasteiger partial charge on any atom is -0.493 e. The van der Waals surface area contributed by atoms with Crippen LogP contribution in [0.1, 0.15) is 17.7 Å². The smallest absolute Gasteiger partial charge is 0.162 e. The predicted molar refractivity (Wildman–Crippen MR) is 68.1 cm³/mol. The van der Waals surface area contributed by atoms with Gasteiger partial charge in [-0.1, -0.05) is 0 Å². The van der Waals surface area contributed by atoms with Crippen LogP contribution in [0.3, 0.4) is 0 Å². The van der Waals surface area contributed by atoms with Crippen LogP contribution in [0.5, 0.6) is 11.5 Å². The van der Waals surface area contributed by atoms with Crippen molar-refractivity contribution in [2.45, 2.75) is 19.4 Å². The highest BCUT2D eigenvalue weighted by molar-refractivity contribution is 5.91. The van der Waals surface area contributed by atoms with E-state index < -0.39 is 0 Å². The number of ether oxygens (including phenoxy) is 2. The first-order valence-corrected chi connectivity index (χ1v) is 5.97. The number of fused-ring (bicyclic) bond motifs is 3. The fourth-order valence-electron chi connectivity index (χ4n) is 2.77. The monoisotopic (exact) mass is 242 g/mol. The molecule has 0 spiro atoms. The minimum atomic E-state index is 0.672. The van der Waals surface area contributed by atoms with Crippen LogP contribution in [0.25, 0.3) is 10.9 Å². The maximum atomic E-state index is 9.34. The summed E-state index contributed by atoms with van der Waals surface area (Å²) in [6.07, 6.45) is 2.08. The molecule has 0 unspecified atom stereocenters. The van der Waals surface area contributed by atoms with E-state index in [1.807, 2.05) is 12.1 Å². The lowest BCUT2D eigenvalue weighted by molar-refractivity contribution is 0.355. The number of aryl methyl sites for hydroxylation is 1. The molecule has 4 heteroatoms. The van der Waals surface area contributed by atoms with Crippen molar-refractivity contribution in [2.75, 3.05) is 14.2 Å². The van der Waals surface area contributed by atoms with E-state index in [4.69, 9.17) is 9.47 Å². The number of nitriles is 1. The van der Waals surface area contributed by atoms with E-state index in [0.717, 1.165) is 41.5 Å². The topological polar surface area (TPSA) is 47.2 Å². The summed E-state index contributed by atoms with van der Waals surface area (Å²) in [5.74, 6) is 1.38. The highest BCUT2D eigenvalue weighted by Crippen LogP contribution is 2.38. The lowest BCUT2D eigenvalue weighted by atomic mass is 10.1. The molecule has 0 bridgehead atoms. The molecule has 18 heavy (non-hydrogen) atoms. The Hall–Kier alpha value is -2.15. The Morgan fingerprint density at radius 2 is 1.94 bits per heavy atom. The van der Waals surface area contributed by atoms with Crippen molar-refractivity contribution in [3.63, 3.8) is 0 Å². The number of hydrogen-bond acceptors (Lipinski definition) is 3. The second kappa shape index (κ2) is 3.95. The second-order valence-electron chi connectivity index (χ2n) is 4.41. The maximum Gasteiger partial charge on any atom is 0.162 e. The normalized spacial score (nSPS) is 13.4. The van der Waals surface area contributed by atoms with E-state index in [1.165, 1.54) is 0 Å². The molecule has 2 heterocycles. The number of hydrogen-bond donors (Lipinski definition) is 0. The minimum absolute atomic E-state index is 0.672. The zero-order chi connectivity index (χ0) is 12.7. The van der Waals surface area contributed by atoms with Crippen LogP contribution in [0.2, 0.25) is 0 Å². The van der Waals surface area contributed by atoms with Gasteiger partial charge in [0.1, 0.15) is 6.07 Å². The van der Waals surface area contributed by atoms with E-state index in [1.54, 1.807) is 14.2 Å². The molecule has 0 saturated heterocycles. The van der Waals surface area contributed by atoms with Crippen molar-refractivity contribution in [1.82, 2.24) is 4.57 Å². The number of aromatic nitrogens is 1. The van der Waals surface area contributed by atoms with Gasteiger partial charge in [-0.3, -0.25) is 0 Å². The summed E-state index contributed by atoms with van der Waals surface area (Å²) in [7, 11) is 3.24.